The average Bonchev–Trinajstić information content (AvgIpc) is 3.11. The van der Waals surface area contributed by atoms with Gasteiger partial charge in [-0.3, -0.25) is 0 Å². The number of amides is 1. The summed E-state index contributed by atoms with van der Waals surface area (Å²) in [6.45, 7) is 0.147. The van der Waals surface area contributed by atoms with Crippen molar-refractivity contribution in [2.75, 3.05) is 12.9 Å². The number of fused-ring (bicyclic) bond motifs is 3. The number of carboxylic acid groups (broad SMARTS) is 1. The Morgan fingerprint density at radius 1 is 0.968 bits per heavy atom. The first-order valence-corrected chi connectivity index (χ1v) is 11.3. The molecule has 3 aromatic rings. The summed E-state index contributed by atoms with van der Waals surface area (Å²) < 4.78 is 5.48. The quantitative estimate of drug-likeness (QED) is 0.516. The second-order valence-corrected chi connectivity index (χ2v) is 8.29. The number of aliphatic carboxylic acids is 1. The zero-order chi connectivity index (χ0) is 21.8. The maximum atomic E-state index is 12.4. The predicted octanol–water partition coefficient (Wildman–Crippen LogP) is 4.94. The highest BCUT2D eigenvalue weighted by molar-refractivity contribution is 7.98. The van der Waals surface area contributed by atoms with Crippen LogP contribution in [0.5, 0.6) is 0 Å². The lowest BCUT2D eigenvalue weighted by atomic mass is 9.98. The van der Waals surface area contributed by atoms with E-state index in [9.17, 15) is 14.7 Å². The zero-order valence-electron chi connectivity index (χ0n) is 17.1. The summed E-state index contributed by atoms with van der Waals surface area (Å²) in [6, 6.07) is 22.7. The van der Waals surface area contributed by atoms with Crippen LogP contribution in [-0.2, 0) is 16.0 Å². The summed E-state index contributed by atoms with van der Waals surface area (Å²) in [5, 5.41) is 12.0. The van der Waals surface area contributed by atoms with Crippen LogP contribution >= 0.6 is 11.8 Å². The molecule has 1 atom stereocenters. The van der Waals surface area contributed by atoms with Crippen LogP contribution < -0.4 is 5.32 Å². The third kappa shape index (κ3) is 4.59. The number of hydrogen-bond acceptors (Lipinski definition) is 4. The molecular formula is C25H23NO4S. The molecule has 0 radical (unpaired) electrons. The number of hydrogen-bond donors (Lipinski definition) is 2. The fourth-order valence-electron chi connectivity index (χ4n) is 3.98. The minimum absolute atomic E-state index is 0.0690. The van der Waals surface area contributed by atoms with E-state index in [1.165, 1.54) is 0 Å². The molecule has 31 heavy (non-hydrogen) atoms. The minimum atomic E-state index is -1.09. The van der Waals surface area contributed by atoms with Crippen molar-refractivity contribution in [3.63, 3.8) is 0 Å². The Kier molecular flexibility index (Phi) is 6.28. The first-order valence-electron chi connectivity index (χ1n) is 10.0. The van der Waals surface area contributed by atoms with Crippen LogP contribution in [-0.4, -0.2) is 36.1 Å². The number of carbonyl (C=O) groups is 2. The normalized spacial score (nSPS) is 13.2. The molecule has 1 aliphatic carbocycles. The summed E-state index contributed by atoms with van der Waals surface area (Å²) in [5.74, 6) is -1.16. The Labute approximate surface area is 185 Å². The smallest absolute Gasteiger partial charge is 0.407 e. The highest BCUT2D eigenvalue weighted by Gasteiger charge is 2.29. The first-order chi connectivity index (χ1) is 15.1. The van der Waals surface area contributed by atoms with Crippen molar-refractivity contribution in [2.24, 2.45) is 0 Å². The molecule has 3 aromatic carbocycles. The maximum Gasteiger partial charge on any atom is 0.407 e. The molecule has 158 valence electrons. The van der Waals surface area contributed by atoms with Crippen molar-refractivity contribution >= 4 is 23.8 Å². The van der Waals surface area contributed by atoms with Gasteiger partial charge in [0.25, 0.3) is 0 Å². The topological polar surface area (TPSA) is 75.6 Å². The van der Waals surface area contributed by atoms with E-state index in [-0.39, 0.29) is 18.9 Å². The van der Waals surface area contributed by atoms with Gasteiger partial charge in [-0.05, 0) is 46.2 Å². The minimum Gasteiger partial charge on any atom is -0.480 e. The standard InChI is InChI=1S/C25H23NO4S/c1-31-17-12-10-16(11-13-17)14-23(24(27)28)26-25(29)30-15-22-20-8-4-2-6-18(20)19-7-3-5-9-21(19)22/h2-13,22-23H,14-15H2,1H3,(H,26,29)(H,27,28)/t23-/m0/s1. The van der Waals surface area contributed by atoms with Gasteiger partial charge in [0.1, 0.15) is 12.6 Å². The van der Waals surface area contributed by atoms with Gasteiger partial charge in [-0.15, -0.1) is 11.8 Å². The number of benzene rings is 3. The Morgan fingerprint density at radius 2 is 1.55 bits per heavy atom. The predicted molar refractivity (Wildman–Crippen MR) is 122 cm³/mol. The van der Waals surface area contributed by atoms with Gasteiger partial charge in [0.15, 0.2) is 0 Å². The van der Waals surface area contributed by atoms with Crippen molar-refractivity contribution in [3.8, 4) is 11.1 Å². The van der Waals surface area contributed by atoms with Crippen molar-refractivity contribution in [3.05, 3.63) is 89.5 Å². The molecule has 1 aliphatic rings. The van der Waals surface area contributed by atoms with Crippen molar-refractivity contribution in [1.29, 1.82) is 0 Å². The van der Waals surface area contributed by atoms with Gasteiger partial charge in [0, 0.05) is 17.2 Å². The monoisotopic (exact) mass is 433 g/mol. The number of rotatable bonds is 7. The maximum absolute atomic E-state index is 12.4. The van der Waals surface area contributed by atoms with Crippen LogP contribution in [0, 0.1) is 0 Å². The van der Waals surface area contributed by atoms with Crippen LogP contribution in [0.25, 0.3) is 11.1 Å². The largest absolute Gasteiger partial charge is 0.480 e. The molecule has 0 fully saturated rings. The van der Waals surface area contributed by atoms with E-state index in [0.29, 0.717) is 0 Å². The van der Waals surface area contributed by atoms with Crippen molar-refractivity contribution < 1.29 is 19.4 Å². The molecule has 0 bridgehead atoms. The summed E-state index contributed by atoms with van der Waals surface area (Å²) in [7, 11) is 0. The van der Waals surface area contributed by atoms with Gasteiger partial charge in [-0.1, -0.05) is 60.7 Å². The van der Waals surface area contributed by atoms with Crippen LogP contribution in [0.15, 0.2) is 77.7 Å². The van der Waals surface area contributed by atoms with Gasteiger partial charge in [-0.25, -0.2) is 9.59 Å². The fourth-order valence-corrected chi connectivity index (χ4v) is 4.39. The number of ether oxygens (including phenoxy) is 1. The van der Waals surface area contributed by atoms with E-state index in [2.05, 4.69) is 17.4 Å². The van der Waals surface area contributed by atoms with Gasteiger partial charge >= 0.3 is 12.1 Å². The van der Waals surface area contributed by atoms with Crippen LogP contribution in [0.2, 0.25) is 0 Å². The van der Waals surface area contributed by atoms with Crippen LogP contribution in [0.3, 0.4) is 0 Å². The summed E-state index contributed by atoms with van der Waals surface area (Å²) in [4.78, 5) is 25.2. The van der Waals surface area contributed by atoms with Crippen molar-refractivity contribution in [1.82, 2.24) is 5.32 Å². The molecule has 0 saturated heterocycles. The third-order valence-electron chi connectivity index (χ3n) is 5.53. The van der Waals surface area contributed by atoms with Crippen molar-refractivity contribution in [2.45, 2.75) is 23.3 Å². The van der Waals surface area contributed by atoms with Gasteiger partial charge in [-0.2, -0.15) is 0 Å². The molecule has 0 unspecified atom stereocenters. The Morgan fingerprint density at radius 3 is 2.10 bits per heavy atom. The van der Waals surface area contributed by atoms with Gasteiger partial charge < -0.3 is 15.2 Å². The van der Waals surface area contributed by atoms with Crippen LogP contribution in [0.4, 0.5) is 4.79 Å². The molecular weight excluding hydrogens is 410 g/mol. The Balaban J connectivity index is 1.41. The molecule has 0 heterocycles. The molecule has 5 nitrogen and oxygen atoms in total. The molecule has 4 rings (SSSR count). The fraction of sp³-hybridized carbons (Fsp3) is 0.200. The highest BCUT2D eigenvalue weighted by Crippen LogP contribution is 2.44. The lowest BCUT2D eigenvalue weighted by Gasteiger charge is -2.17. The van der Waals surface area contributed by atoms with E-state index in [4.69, 9.17) is 4.74 Å². The first kappa shape index (κ1) is 21.0. The molecule has 0 aliphatic heterocycles. The second kappa shape index (κ2) is 9.27. The molecule has 6 heteroatoms. The second-order valence-electron chi connectivity index (χ2n) is 7.41. The highest BCUT2D eigenvalue weighted by atomic mass is 32.2. The Hall–Kier alpha value is -3.25. The van der Waals surface area contributed by atoms with Gasteiger partial charge in [0.2, 0.25) is 0 Å². The SMILES string of the molecule is CSc1ccc(C[C@H](NC(=O)OCC2c3ccccc3-c3ccccc32)C(=O)O)cc1. The number of carboxylic acids is 1. The molecule has 0 spiro atoms. The lowest BCUT2D eigenvalue weighted by Crippen LogP contribution is -2.42. The van der Waals surface area contributed by atoms with E-state index >= 15 is 0 Å². The molecule has 0 aromatic heterocycles. The van der Waals surface area contributed by atoms with E-state index in [1.54, 1.807) is 11.8 Å². The lowest BCUT2D eigenvalue weighted by molar-refractivity contribution is -0.139. The molecule has 1 amide bonds. The average molecular weight is 434 g/mol. The summed E-state index contributed by atoms with van der Waals surface area (Å²) in [6.07, 6.45) is 1.44. The Bertz CT molecular complexity index is 1050. The zero-order valence-corrected chi connectivity index (χ0v) is 17.9. The summed E-state index contributed by atoms with van der Waals surface area (Å²) >= 11 is 1.62. The van der Waals surface area contributed by atoms with E-state index in [0.717, 1.165) is 32.7 Å². The summed E-state index contributed by atoms with van der Waals surface area (Å²) in [5.41, 5.74) is 5.35. The number of carbonyl (C=O) groups excluding carboxylic acids is 1. The third-order valence-corrected chi connectivity index (χ3v) is 6.28. The molecule has 0 saturated carbocycles. The number of alkyl carbamates (subject to hydrolysis) is 1. The van der Waals surface area contributed by atoms with E-state index < -0.39 is 18.1 Å². The number of thioether (sulfide) groups is 1. The van der Waals surface area contributed by atoms with Gasteiger partial charge in [0.05, 0.1) is 0 Å². The van der Waals surface area contributed by atoms with Crippen LogP contribution in [0.1, 0.15) is 22.6 Å². The molecule has 2 N–H and O–H groups in total. The number of nitrogens with one attached hydrogen (secondary N) is 1. The van der Waals surface area contributed by atoms with E-state index in [1.807, 2.05) is 66.9 Å².